The fourth-order valence-electron chi connectivity index (χ4n) is 1.42. The van der Waals surface area contributed by atoms with Crippen LogP contribution in [0.2, 0.25) is 0 Å². The second-order valence-corrected chi connectivity index (χ2v) is 3.65. The molecule has 0 radical (unpaired) electrons. The molecule has 5 nitrogen and oxygen atoms in total. The lowest BCUT2D eigenvalue weighted by atomic mass is 10.2. The van der Waals surface area contributed by atoms with Gasteiger partial charge in [0.2, 0.25) is 5.89 Å². The van der Waals surface area contributed by atoms with Gasteiger partial charge in [0.15, 0.2) is 5.82 Å². The SMILES string of the molecule is Cc1noc(CCNc2ccc(N)cc2F)n1. The average Bonchev–Trinajstić information content (AvgIpc) is 2.68. The predicted octanol–water partition coefficient (Wildman–Crippen LogP) is 1.75. The minimum absolute atomic E-state index is 0.369. The van der Waals surface area contributed by atoms with Gasteiger partial charge in [0.1, 0.15) is 5.82 Å². The summed E-state index contributed by atoms with van der Waals surface area (Å²) in [6.45, 7) is 2.27. The van der Waals surface area contributed by atoms with Crippen molar-refractivity contribution >= 4 is 11.4 Å². The Bertz CT molecular complexity index is 512. The summed E-state index contributed by atoms with van der Waals surface area (Å²) in [5, 5.41) is 6.61. The minimum Gasteiger partial charge on any atom is -0.399 e. The van der Waals surface area contributed by atoms with Gasteiger partial charge in [-0.15, -0.1) is 0 Å². The number of anilines is 2. The van der Waals surface area contributed by atoms with Crippen LogP contribution in [0, 0.1) is 12.7 Å². The quantitative estimate of drug-likeness (QED) is 0.791. The van der Waals surface area contributed by atoms with E-state index in [0.29, 0.717) is 36.1 Å². The third-order valence-corrected chi connectivity index (χ3v) is 2.22. The summed E-state index contributed by atoms with van der Waals surface area (Å²) in [5.74, 6) is 0.760. The summed E-state index contributed by atoms with van der Waals surface area (Å²) in [5.41, 5.74) is 6.26. The van der Waals surface area contributed by atoms with Crippen molar-refractivity contribution in [3.05, 3.63) is 35.7 Å². The van der Waals surface area contributed by atoms with E-state index in [4.69, 9.17) is 10.3 Å². The van der Waals surface area contributed by atoms with Crippen molar-refractivity contribution in [2.75, 3.05) is 17.6 Å². The molecule has 0 atom stereocenters. The zero-order valence-electron chi connectivity index (χ0n) is 9.40. The maximum Gasteiger partial charge on any atom is 0.228 e. The van der Waals surface area contributed by atoms with Crippen LogP contribution in [0.3, 0.4) is 0 Å². The topological polar surface area (TPSA) is 77.0 Å². The molecule has 6 heteroatoms. The van der Waals surface area contributed by atoms with Crippen molar-refractivity contribution in [2.45, 2.75) is 13.3 Å². The molecule has 90 valence electrons. The molecule has 1 heterocycles. The van der Waals surface area contributed by atoms with Crippen LogP contribution in [-0.2, 0) is 6.42 Å². The van der Waals surface area contributed by atoms with E-state index in [-0.39, 0.29) is 5.82 Å². The van der Waals surface area contributed by atoms with Gasteiger partial charge in [-0.1, -0.05) is 5.16 Å². The Morgan fingerprint density at radius 2 is 2.29 bits per heavy atom. The Labute approximate surface area is 97.8 Å². The molecule has 1 aromatic heterocycles. The van der Waals surface area contributed by atoms with E-state index in [0.717, 1.165) is 0 Å². The molecule has 1 aromatic carbocycles. The van der Waals surface area contributed by atoms with E-state index in [1.807, 2.05) is 0 Å². The van der Waals surface area contributed by atoms with E-state index >= 15 is 0 Å². The Balaban J connectivity index is 1.90. The highest BCUT2D eigenvalue weighted by atomic mass is 19.1. The molecule has 0 aliphatic rings. The molecule has 17 heavy (non-hydrogen) atoms. The molecule has 2 aromatic rings. The molecule has 0 saturated carbocycles. The van der Waals surface area contributed by atoms with Crippen molar-refractivity contribution in [3.63, 3.8) is 0 Å². The first-order chi connectivity index (χ1) is 8.15. The zero-order chi connectivity index (χ0) is 12.3. The van der Waals surface area contributed by atoms with Crippen molar-refractivity contribution in [3.8, 4) is 0 Å². The molecule has 0 bridgehead atoms. The lowest BCUT2D eigenvalue weighted by molar-refractivity contribution is 0.377. The Morgan fingerprint density at radius 3 is 2.94 bits per heavy atom. The van der Waals surface area contributed by atoms with Crippen LogP contribution in [0.5, 0.6) is 0 Å². The highest BCUT2D eigenvalue weighted by molar-refractivity contribution is 5.52. The number of aryl methyl sites for hydroxylation is 1. The van der Waals surface area contributed by atoms with Crippen LogP contribution in [0.4, 0.5) is 15.8 Å². The van der Waals surface area contributed by atoms with Gasteiger partial charge in [0.05, 0.1) is 5.69 Å². The Hall–Kier alpha value is -2.11. The van der Waals surface area contributed by atoms with E-state index in [1.165, 1.54) is 6.07 Å². The summed E-state index contributed by atoms with van der Waals surface area (Å²) in [7, 11) is 0. The number of halogens is 1. The lowest BCUT2D eigenvalue weighted by Gasteiger charge is -2.06. The number of rotatable bonds is 4. The smallest absolute Gasteiger partial charge is 0.228 e. The fraction of sp³-hybridized carbons (Fsp3) is 0.273. The van der Waals surface area contributed by atoms with Crippen LogP contribution >= 0.6 is 0 Å². The van der Waals surface area contributed by atoms with Gasteiger partial charge >= 0.3 is 0 Å². The predicted molar refractivity (Wildman–Crippen MR) is 62.0 cm³/mol. The molecule has 0 aliphatic heterocycles. The third-order valence-electron chi connectivity index (χ3n) is 2.22. The van der Waals surface area contributed by atoms with Gasteiger partial charge in [-0.05, 0) is 25.1 Å². The van der Waals surface area contributed by atoms with Gasteiger partial charge in [-0.25, -0.2) is 4.39 Å². The normalized spacial score (nSPS) is 10.5. The van der Waals surface area contributed by atoms with Gasteiger partial charge in [0, 0.05) is 18.7 Å². The molecule has 0 unspecified atom stereocenters. The highest BCUT2D eigenvalue weighted by Crippen LogP contribution is 2.16. The number of aromatic nitrogens is 2. The van der Waals surface area contributed by atoms with Gasteiger partial charge < -0.3 is 15.6 Å². The summed E-state index contributed by atoms with van der Waals surface area (Å²) in [6, 6.07) is 4.52. The number of nitrogen functional groups attached to an aromatic ring is 1. The summed E-state index contributed by atoms with van der Waals surface area (Å²) < 4.78 is 18.3. The van der Waals surface area contributed by atoms with Crippen LogP contribution < -0.4 is 11.1 Å². The number of hydrogen-bond acceptors (Lipinski definition) is 5. The number of benzene rings is 1. The standard InChI is InChI=1S/C11H13FN4O/c1-7-15-11(17-16-7)4-5-14-10-3-2-8(13)6-9(10)12/h2-3,6,14H,4-5,13H2,1H3. The maximum atomic E-state index is 13.4. The van der Waals surface area contributed by atoms with Gasteiger partial charge in [0.25, 0.3) is 0 Å². The number of nitrogens with zero attached hydrogens (tertiary/aromatic N) is 2. The fourth-order valence-corrected chi connectivity index (χ4v) is 1.42. The summed E-state index contributed by atoms with van der Waals surface area (Å²) in [6.07, 6.45) is 0.546. The van der Waals surface area contributed by atoms with Crippen LogP contribution in [0.15, 0.2) is 22.7 Å². The van der Waals surface area contributed by atoms with Gasteiger partial charge in [-0.3, -0.25) is 0 Å². The number of hydrogen-bond donors (Lipinski definition) is 2. The monoisotopic (exact) mass is 236 g/mol. The molecule has 0 amide bonds. The van der Waals surface area contributed by atoms with Crippen molar-refractivity contribution in [1.29, 1.82) is 0 Å². The summed E-state index contributed by atoms with van der Waals surface area (Å²) in [4.78, 5) is 4.05. The van der Waals surface area contributed by atoms with Crippen molar-refractivity contribution in [2.24, 2.45) is 0 Å². The van der Waals surface area contributed by atoms with Crippen LogP contribution in [0.1, 0.15) is 11.7 Å². The van der Waals surface area contributed by atoms with Crippen molar-refractivity contribution in [1.82, 2.24) is 10.1 Å². The van der Waals surface area contributed by atoms with Crippen LogP contribution in [-0.4, -0.2) is 16.7 Å². The van der Waals surface area contributed by atoms with E-state index < -0.39 is 0 Å². The van der Waals surface area contributed by atoms with Crippen molar-refractivity contribution < 1.29 is 8.91 Å². The molecule has 0 aliphatic carbocycles. The molecule has 0 fully saturated rings. The minimum atomic E-state index is -0.369. The molecule has 2 rings (SSSR count). The first kappa shape index (κ1) is 11.4. The first-order valence-electron chi connectivity index (χ1n) is 5.23. The van der Waals surface area contributed by atoms with E-state index in [9.17, 15) is 4.39 Å². The number of nitrogens with two attached hydrogens (primary N) is 1. The number of nitrogens with one attached hydrogen (secondary N) is 1. The summed E-state index contributed by atoms with van der Waals surface area (Å²) >= 11 is 0. The average molecular weight is 236 g/mol. The third kappa shape index (κ3) is 2.93. The largest absolute Gasteiger partial charge is 0.399 e. The zero-order valence-corrected chi connectivity index (χ0v) is 9.40. The first-order valence-corrected chi connectivity index (χ1v) is 5.23. The highest BCUT2D eigenvalue weighted by Gasteiger charge is 2.04. The Kier molecular flexibility index (Phi) is 3.22. The van der Waals surface area contributed by atoms with E-state index in [2.05, 4.69) is 15.5 Å². The molecular formula is C11H13FN4O. The van der Waals surface area contributed by atoms with E-state index in [1.54, 1.807) is 19.1 Å². The maximum absolute atomic E-state index is 13.4. The molecule has 3 N–H and O–H groups in total. The molecular weight excluding hydrogens is 223 g/mol. The van der Waals surface area contributed by atoms with Gasteiger partial charge in [-0.2, -0.15) is 4.98 Å². The molecule has 0 saturated heterocycles. The van der Waals surface area contributed by atoms with Crippen LogP contribution in [0.25, 0.3) is 0 Å². The molecule has 0 spiro atoms. The Morgan fingerprint density at radius 1 is 1.47 bits per heavy atom. The second-order valence-electron chi connectivity index (χ2n) is 3.65. The second kappa shape index (κ2) is 4.82. The lowest BCUT2D eigenvalue weighted by Crippen LogP contribution is -2.06.